The first-order chi connectivity index (χ1) is 35.5. The Bertz CT molecular complexity index is 1120. The van der Waals surface area contributed by atoms with Gasteiger partial charge in [-0.05, 0) is 44.9 Å². The number of esters is 3. The summed E-state index contributed by atoms with van der Waals surface area (Å²) in [6.07, 6.45) is 72.3. The third-order valence-corrected chi connectivity index (χ3v) is 15.0. The van der Waals surface area contributed by atoms with E-state index in [1.165, 1.54) is 276 Å². The lowest BCUT2D eigenvalue weighted by Crippen LogP contribution is -2.30. The van der Waals surface area contributed by atoms with E-state index >= 15 is 0 Å². The molecule has 0 rings (SSSR count). The van der Waals surface area contributed by atoms with Crippen LogP contribution in [0.1, 0.15) is 374 Å². The zero-order valence-electron chi connectivity index (χ0n) is 49.0. The first-order valence-corrected chi connectivity index (χ1v) is 32.7. The van der Waals surface area contributed by atoms with Gasteiger partial charge in [0.1, 0.15) is 13.2 Å². The third-order valence-electron chi connectivity index (χ3n) is 15.0. The fourth-order valence-electron chi connectivity index (χ4n) is 10.1. The molecular weight excluding hydrogens is 889 g/mol. The lowest BCUT2D eigenvalue weighted by atomic mass is 10.0. The molecule has 6 nitrogen and oxygen atoms in total. The predicted molar refractivity (Wildman–Crippen MR) is 312 cm³/mol. The van der Waals surface area contributed by atoms with Crippen molar-refractivity contribution in [3.8, 4) is 0 Å². The molecule has 0 aromatic rings. The minimum atomic E-state index is -0.764. The van der Waals surface area contributed by atoms with Crippen molar-refractivity contribution >= 4 is 17.9 Å². The molecule has 1 unspecified atom stereocenters. The molecule has 0 aromatic heterocycles. The second-order valence-corrected chi connectivity index (χ2v) is 22.4. The average molecular weight is 1020 g/mol. The Morgan fingerprint density at radius 2 is 0.458 bits per heavy atom. The topological polar surface area (TPSA) is 78.9 Å². The van der Waals surface area contributed by atoms with Gasteiger partial charge in [0.15, 0.2) is 6.10 Å². The van der Waals surface area contributed by atoms with Gasteiger partial charge in [-0.25, -0.2) is 0 Å². The summed E-state index contributed by atoms with van der Waals surface area (Å²) in [4.78, 5) is 38.2. The molecule has 0 aliphatic rings. The predicted octanol–water partition coefficient (Wildman–Crippen LogP) is 22.1. The number of rotatable bonds is 61. The summed E-state index contributed by atoms with van der Waals surface area (Å²) in [6.45, 7) is 6.71. The normalized spacial score (nSPS) is 12.0. The monoisotopic (exact) mass is 1010 g/mol. The molecule has 0 fully saturated rings. The number of allylic oxidation sites excluding steroid dienone is 2. The van der Waals surface area contributed by atoms with Gasteiger partial charge in [0.25, 0.3) is 0 Å². The molecule has 0 saturated heterocycles. The number of hydrogen-bond acceptors (Lipinski definition) is 6. The van der Waals surface area contributed by atoms with Crippen molar-refractivity contribution in [1.29, 1.82) is 0 Å². The van der Waals surface area contributed by atoms with E-state index < -0.39 is 6.10 Å². The summed E-state index contributed by atoms with van der Waals surface area (Å²) in [5, 5.41) is 0. The van der Waals surface area contributed by atoms with Crippen LogP contribution in [0.5, 0.6) is 0 Å². The summed E-state index contributed by atoms with van der Waals surface area (Å²) in [6, 6.07) is 0. The molecule has 426 valence electrons. The second kappa shape index (κ2) is 61.7. The fraction of sp³-hybridized carbons (Fsp3) is 0.924. The standard InChI is InChI=1S/C66H126O6/c1-4-7-10-13-16-19-22-25-27-28-29-30-31-32-33-34-35-36-37-38-40-41-44-47-50-53-56-59-65(68)71-62-63(61-70-64(67)58-55-52-49-46-43-24-21-18-15-12-9-6-3)72-66(69)60-57-54-51-48-45-42-39-26-23-20-17-14-11-8-5-2/h28-29,63H,4-27,30-62H2,1-3H3/b29-28-. The molecule has 0 heterocycles. The summed E-state index contributed by atoms with van der Waals surface area (Å²) in [7, 11) is 0. The maximum absolute atomic E-state index is 12.9. The quantitative estimate of drug-likeness (QED) is 0.0261. The molecule has 0 aliphatic carbocycles. The summed E-state index contributed by atoms with van der Waals surface area (Å²) in [5.41, 5.74) is 0. The SMILES string of the molecule is CCCCCCCCCC/C=C\CCCCCCCCCCCCCCCCCC(=O)OCC(COC(=O)CCCCCCCCCCCCCC)OC(=O)CCCCCCCCCCCCCCCCC. The largest absolute Gasteiger partial charge is 0.462 e. The summed E-state index contributed by atoms with van der Waals surface area (Å²) >= 11 is 0. The Balaban J connectivity index is 4.15. The van der Waals surface area contributed by atoms with Crippen molar-refractivity contribution in [3.63, 3.8) is 0 Å². The van der Waals surface area contributed by atoms with Crippen molar-refractivity contribution in [2.45, 2.75) is 380 Å². The van der Waals surface area contributed by atoms with Gasteiger partial charge in [-0.15, -0.1) is 0 Å². The Morgan fingerprint density at radius 3 is 0.694 bits per heavy atom. The zero-order chi connectivity index (χ0) is 52.2. The van der Waals surface area contributed by atoms with E-state index in [1.807, 2.05) is 0 Å². The van der Waals surface area contributed by atoms with Crippen LogP contribution in [-0.4, -0.2) is 37.2 Å². The molecular formula is C66H126O6. The number of ether oxygens (including phenoxy) is 3. The molecule has 0 N–H and O–H groups in total. The Morgan fingerprint density at radius 1 is 0.264 bits per heavy atom. The molecule has 0 spiro atoms. The van der Waals surface area contributed by atoms with E-state index in [0.29, 0.717) is 19.3 Å². The molecule has 1 atom stereocenters. The molecule has 72 heavy (non-hydrogen) atoms. The van der Waals surface area contributed by atoms with E-state index in [9.17, 15) is 14.4 Å². The van der Waals surface area contributed by atoms with Crippen LogP contribution in [0.2, 0.25) is 0 Å². The van der Waals surface area contributed by atoms with Gasteiger partial charge >= 0.3 is 17.9 Å². The van der Waals surface area contributed by atoms with Gasteiger partial charge in [0.05, 0.1) is 0 Å². The van der Waals surface area contributed by atoms with Crippen LogP contribution in [-0.2, 0) is 28.6 Å². The van der Waals surface area contributed by atoms with Crippen molar-refractivity contribution < 1.29 is 28.6 Å². The van der Waals surface area contributed by atoms with E-state index in [-0.39, 0.29) is 31.1 Å². The lowest BCUT2D eigenvalue weighted by molar-refractivity contribution is -0.167. The smallest absolute Gasteiger partial charge is 0.306 e. The maximum atomic E-state index is 12.9. The van der Waals surface area contributed by atoms with Crippen molar-refractivity contribution in [3.05, 3.63) is 12.2 Å². The molecule has 0 bridgehead atoms. The molecule has 0 amide bonds. The zero-order valence-corrected chi connectivity index (χ0v) is 49.0. The molecule has 0 aromatic carbocycles. The van der Waals surface area contributed by atoms with Gasteiger partial charge in [-0.2, -0.15) is 0 Å². The molecule has 0 saturated carbocycles. The van der Waals surface area contributed by atoms with Gasteiger partial charge < -0.3 is 14.2 Å². The van der Waals surface area contributed by atoms with Gasteiger partial charge in [-0.1, -0.05) is 322 Å². The summed E-state index contributed by atoms with van der Waals surface area (Å²) < 4.78 is 16.9. The molecule has 0 aliphatic heterocycles. The molecule has 0 radical (unpaired) electrons. The van der Waals surface area contributed by atoms with Crippen LogP contribution < -0.4 is 0 Å². The lowest BCUT2D eigenvalue weighted by Gasteiger charge is -2.18. The highest BCUT2D eigenvalue weighted by atomic mass is 16.6. The highest BCUT2D eigenvalue weighted by Crippen LogP contribution is 2.18. The van der Waals surface area contributed by atoms with Gasteiger partial charge in [0.2, 0.25) is 0 Å². The molecule has 6 heteroatoms. The average Bonchev–Trinajstić information content (AvgIpc) is 3.38. The van der Waals surface area contributed by atoms with Crippen molar-refractivity contribution in [2.75, 3.05) is 13.2 Å². The van der Waals surface area contributed by atoms with Crippen molar-refractivity contribution in [1.82, 2.24) is 0 Å². The van der Waals surface area contributed by atoms with Crippen LogP contribution in [0.15, 0.2) is 12.2 Å². The first kappa shape index (κ1) is 70.1. The number of carbonyl (C=O) groups excluding carboxylic acids is 3. The second-order valence-electron chi connectivity index (χ2n) is 22.4. The third kappa shape index (κ3) is 59.0. The van der Waals surface area contributed by atoms with Gasteiger partial charge in [-0.3, -0.25) is 14.4 Å². The van der Waals surface area contributed by atoms with Crippen LogP contribution >= 0.6 is 0 Å². The fourth-order valence-corrected chi connectivity index (χ4v) is 10.1. The van der Waals surface area contributed by atoms with Crippen LogP contribution in [0.25, 0.3) is 0 Å². The minimum absolute atomic E-state index is 0.0628. The minimum Gasteiger partial charge on any atom is -0.462 e. The van der Waals surface area contributed by atoms with E-state index in [0.717, 1.165) is 57.8 Å². The van der Waals surface area contributed by atoms with Crippen LogP contribution in [0, 0.1) is 0 Å². The van der Waals surface area contributed by atoms with Crippen LogP contribution in [0.3, 0.4) is 0 Å². The Labute approximate surface area is 450 Å². The highest BCUT2D eigenvalue weighted by molar-refractivity contribution is 5.71. The Hall–Kier alpha value is -1.85. The first-order valence-electron chi connectivity index (χ1n) is 32.7. The summed E-state index contributed by atoms with van der Waals surface area (Å²) in [5.74, 6) is -0.833. The van der Waals surface area contributed by atoms with Gasteiger partial charge in [0, 0.05) is 19.3 Å². The number of hydrogen-bond donors (Lipinski definition) is 0. The number of carbonyl (C=O) groups is 3. The van der Waals surface area contributed by atoms with E-state index in [1.54, 1.807) is 0 Å². The van der Waals surface area contributed by atoms with Crippen LogP contribution in [0.4, 0.5) is 0 Å². The maximum Gasteiger partial charge on any atom is 0.306 e. The van der Waals surface area contributed by atoms with Crippen molar-refractivity contribution in [2.24, 2.45) is 0 Å². The highest BCUT2D eigenvalue weighted by Gasteiger charge is 2.19. The van der Waals surface area contributed by atoms with E-state index in [2.05, 4.69) is 32.9 Å². The number of unbranched alkanes of at least 4 members (excludes halogenated alkanes) is 48. The van der Waals surface area contributed by atoms with E-state index in [4.69, 9.17) is 14.2 Å². The Kier molecular flexibility index (Phi) is 60.1.